The lowest BCUT2D eigenvalue weighted by Crippen LogP contribution is -2.57. The van der Waals surface area contributed by atoms with Crippen LogP contribution in [0.1, 0.15) is 44.6 Å². The fourth-order valence-corrected chi connectivity index (χ4v) is 4.42. The van der Waals surface area contributed by atoms with Crippen LogP contribution in [0.2, 0.25) is 0 Å². The van der Waals surface area contributed by atoms with E-state index in [0.717, 1.165) is 32.1 Å². The monoisotopic (exact) mass is 329 g/mol. The molecule has 2 saturated heterocycles. The molecule has 130 valence electrons. The molecule has 0 radical (unpaired) electrons. The maximum Gasteiger partial charge on any atom is 0.236 e. The van der Waals surface area contributed by atoms with Crippen molar-refractivity contribution in [2.75, 3.05) is 6.54 Å². The molecule has 2 amide bonds. The van der Waals surface area contributed by atoms with Crippen molar-refractivity contribution in [1.29, 1.82) is 0 Å². The van der Waals surface area contributed by atoms with Crippen molar-refractivity contribution < 1.29 is 9.59 Å². The summed E-state index contributed by atoms with van der Waals surface area (Å²) in [5.41, 5.74) is 6.54. The minimum atomic E-state index is -0.359. The second-order valence-corrected chi connectivity index (χ2v) is 7.28. The molecule has 0 spiro atoms. The lowest BCUT2D eigenvalue weighted by atomic mass is 9.85. The molecule has 0 bridgehead atoms. The van der Waals surface area contributed by atoms with Gasteiger partial charge in [0.15, 0.2) is 0 Å². The van der Waals surface area contributed by atoms with Gasteiger partial charge in [0.2, 0.25) is 11.8 Å². The summed E-state index contributed by atoms with van der Waals surface area (Å²) in [7, 11) is 0. The van der Waals surface area contributed by atoms with Crippen molar-refractivity contribution in [3.63, 3.8) is 0 Å². The van der Waals surface area contributed by atoms with Gasteiger partial charge >= 0.3 is 0 Å². The quantitative estimate of drug-likeness (QED) is 0.884. The number of carbonyl (C=O) groups excluding carboxylic acids is 2. The SMILES string of the molecule is C[C@]12C[C@@H](Cc3ccccc3)N(C(=O)CN)[C@H]1CCCCC(=O)N2. The highest BCUT2D eigenvalue weighted by Gasteiger charge is 2.51. The first kappa shape index (κ1) is 17.0. The molecule has 24 heavy (non-hydrogen) atoms. The van der Waals surface area contributed by atoms with E-state index in [-0.39, 0.29) is 36.0 Å². The van der Waals surface area contributed by atoms with Crippen LogP contribution in [-0.4, -0.2) is 40.9 Å². The van der Waals surface area contributed by atoms with Crippen LogP contribution in [0.4, 0.5) is 0 Å². The number of nitrogens with one attached hydrogen (secondary N) is 1. The molecule has 2 fully saturated rings. The Labute approximate surface area is 143 Å². The molecule has 0 aliphatic carbocycles. The first-order valence-electron chi connectivity index (χ1n) is 8.89. The van der Waals surface area contributed by atoms with E-state index in [0.29, 0.717) is 6.42 Å². The summed E-state index contributed by atoms with van der Waals surface area (Å²) in [4.78, 5) is 26.7. The molecule has 5 nitrogen and oxygen atoms in total. The van der Waals surface area contributed by atoms with Gasteiger partial charge in [0, 0.05) is 12.5 Å². The van der Waals surface area contributed by atoms with Crippen molar-refractivity contribution in [1.82, 2.24) is 10.2 Å². The largest absolute Gasteiger partial charge is 0.349 e. The average Bonchev–Trinajstić information content (AvgIpc) is 2.81. The van der Waals surface area contributed by atoms with Gasteiger partial charge in [-0.2, -0.15) is 0 Å². The Hall–Kier alpha value is -1.88. The highest BCUT2D eigenvalue weighted by Crippen LogP contribution is 2.38. The molecule has 3 N–H and O–H groups in total. The van der Waals surface area contributed by atoms with Crippen LogP contribution >= 0.6 is 0 Å². The van der Waals surface area contributed by atoms with Gasteiger partial charge in [0.25, 0.3) is 0 Å². The molecule has 1 aromatic carbocycles. The Bertz CT molecular complexity index is 604. The van der Waals surface area contributed by atoms with Gasteiger partial charge < -0.3 is 16.0 Å². The van der Waals surface area contributed by atoms with Crippen LogP contribution in [0.15, 0.2) is 30.3 Å². The van der Waals surface area contributed by atoms with Gasteiger partial charge in [-0.25, -0.2) is 0 Å². The normalized spacial score (nSPS) is 30.2. The van der Waals surface area contributed by atoms with Gasteiger partial charge in [-0.3, -0.25) is 9.59 Å². The molecule has 0 unspecified atom stereocenters. The summed E-state index contributed by atoms with van der Waals surface area (Å²) in [6, 6.07) is 10.3. The van der Waals surface area contributed by atoms with Gasteiger partial charge in [-0.05, 0) is 38.2 Å². The van der Waals surface area contributed by atoms with Gasteiger partial charge in [0.05, 0.1) is 18.1 Å². The number of hydrogen-bond donors (Lipinski definition) is 2. The van der Waals surface area contributed by atoms with E-state index >= 15 is 0 Å². The number of nitrogens with zero attached hydrogens (tertiary/aromatic N) is 1. The van der Waals surface area contributed by atoms with Gasteiger partial charge in [-0.15, -0.1) is 0 Å². The summed E-state index contributed by atoms with van der Waals surface area (Å²) in [6.07, 6.45) is 4.94. The van der Waals surface area contributed by atoms with E-state index in [9.17, 15) is 9.59 Å². The fourth-order valence-electron chi connectivity index (χ4n) is 4.42. The number of carbonyl (C=O) groups is 2. The fraction of sp³-hybridized carbons (Fsp3) is 0.579. The van der Waals surface area contributed by atoms with Crippen molar-refractivity contribution in [3.8, 4) is 0 Å². The number of nitrogens with two attached hydrogens (primary N) is 1. The van der Waals surface area contributed by atoms with Crippen molar-refractivity contribution in [2.45, 2.75) is 63.1 Å². The Morgan fingerprint density at radius 1 is 1.33 bits per heavy atom. The molecule has 5 heteroatoms. The van der Waals surface area contributed by atoms with E-state index in [1.54, 1.807) is 0 Å². The van der Waals surface area contributed by atoms with Crippen LogP contribution in [0.5, 0.6) is 0 Å². The standard InChI is InChI=1S/C19H27N3O2/c1-19-12-15(11-14-7-3-2-4-8-14)22(18(24)13-20)16(19)9-5-6-10-17(23)21-19/h2-4,7-8,15-16H,5-6,9-13,20H2,1H3,(H,21,23)/t15-,16+,19+/m1/s1. The number of amides is 2. The molecule has 3 atom stereocenters. The van der Waals surface area contributed by atoms with Crippen LogP contribution in [0.3, 0.4) is 0 Å². The first-order chi connectivity index (χ1) is 11.5. The first-order valence-corrected chi connectivity index (χ1v) is 8.89. The van der Waals surface area contributed by atoms with Crippen molar-refractivity contribution in [3.05, 3.63) is 35.9 Å². The lowest BCUT2D eigenvalue weighted by molar-refractivity contribution is -0.134. The summed E-state index contributed by atoms with van der Waals surface area (Å²) in [5, 5.41) is 3.21. The summed E-state index contributed by atoms with van der Waals surface area (Å²) in [5.74, 6) is 0.0854. The number of likely N-dealkylation sites (tertiary alicyclic amines) is 1. The number of rotatable bonds is 3. The Morgan fingerprint density at radius 3 is 2.79 bits per heavy atom. The third-order valence-electron chi connectivity index (χ3n) is 5.46. The Morgan fingerprint density at radius 2 is 2.08 bits per heavy atom. The summed E-state index contributed by atoms with van der Waals surface area (Å²) in [6.45, 7) is 2.11. The van der Waals surface area contributed by atoms with Gasteiger partial charge in [0.1, 0.15) is 0 Å². The third-order valence-corrected chi connectivity index (χ3v) is 5.46. The minimum Gasteiger partial charge on any atom is -0.349 e. The predicted octanol–water partition coefficient (Wildman–Crippen LogP) is 1.61. The molecule has 2 aliphatic rings. The summed E-state index contributed by atoms with van der Waals surface area (Å²) >= 11 is 0. The highest BCUT2D eigenvalue weighted by atomic mass is 16.2. The Kier molecular flexibility index (Phi) is 4.90. The van der Waals surface area contributed by atoms with Gasteiger partial charge in [-0.1, -0.05) is 36.8 Å². The smallest absolute Gasteiger partial charge is 0.236 e. The Balaban J connectivity index is 1.89. The molecule has 1 aromatic rings. The van der Waals surface area contributed by atoms with E-state index in [2.05, 4.69) is 24.4 Å². The maximum absolute atomic E-state index is 12.6. The second kappa shape index (κ2) is 6.93. The highest BCUT2D eigenvalue weighted by molar-refractivity contribution is 5.81. The lowest BCUT2D eigenvalue weighted by Gasteiger charge is -2.38. The van der Waals surface area contributed by atoms with Crippen LogP contribution in [-0.2, 0) is 16.0 Å². The number of fused-ring (bicyclic) bond motifs is 1. The number of benzene rings is 1. The molecule has 0 aromatic heterocycles. The molecular weight excluding hydrogens is 302 g/mol. The number of hydrogen-bond acceptors (Lipinski definition) is 3. The van der Waals surface area contributed by atoms with E-state index < -0.39 is 0 Å². The average molecular weight is 329 g/mol. The third kappa shape index (κ3) is 3.31. The van der Waals surface area contributed by atoms with E-state index in [1.807, 2.05) is 23.1 Å². The van der Waals surface area contributed by atoms with E-state index in [1.165, 1.54) is 5.56 Å². The zero-order chi connectivity index (χ0) is 17.2. The molecule has 3 rings (SSSR count). The topological polar surface area (TPSA) is 75.4 Å². The van der Waals surface area contributed by atoms with Crippen LogP contribution in [0.25, 0.3) is 0 Å². The molecule has 2 heterocycles. The molecule has 2 aliphatic heterocycles. The minimum absolute atomic E-state index is 0.0144. The molecular formula is C19H27N3O2. The van der Waals surface area contributed by atoms with Crippen LogP contribution in [0, 0.1) is 0 Å². The summed E-state index contributed by atoms with van der Waals surface area (Å²) < 4.78 is 0. The van der Waals surface area contributed by atoms with Crippen molar-refractivity contribution >= 4 is 11.8 Å². The maximum atomic E-state index is 12.6. The zero-order valence-electron chi connectivity index (χ0n) is 14.3. The van der Waals surface area contributed by atoms with E-state index in [4.69, 9.17) is 5.73 Å². The van der Waals surface area contributed by atoms with Crippen molar-refractivity contribution in [2.24, 2.45) is 5.73 Å². The predicted molar refractivity (Wildman–Crippen MR) is 93.3 cm³/mol. The molecule has 0 saturated carbocycles. The zero-order valence-corrected chi connectivity index (χ0v) is 14.3. The van der Waals surface area contributed by atoms with Crippen LogP contribution < -0.4 is 11.1 Å². The second-order valence-electron chi connectivity index (χ2n) is 7.28.